The molecule has 0 aromatic heterocycles. The van der Waals surface area contributed by atoms with E-state index >= 15 is 0 Å². The van der Waals surface area contributed by atoms with Gasteiger partial charge in [-0.3, -0.25) is 0 Å². The summed E-state index contributed by atoms with van der Waals surface area (Å²) in [6, 6.07) is 5.23. The first kappa shape index (κ1) is 8.93. The van der Waals surface area contributed by atoms with Crippen LogP contribution in [0.5, 0.6) is 0 Å². The van der Waals surface area contributed by atoms with E-state index in [-0.39, 0.29) is 5.82 Å². The molecule has 3 heteroatoms. The molecule has 0 radical (unpaired) electrons. The molecule has 1 aromatic carbocycles. The van der Waals surface area contributed by atoms with Crippen LogP contribution in [0, 0.1) is 9.39 Å². The molecule has 0 heterocycles. The molecule has 60 valence electrons. The van der Waals surface area contributed by atoms with Gasteiger partial charge in [-0.25, -0.2) is 4.39 Å². The van der Waals surface area contributed by atoms with E-state index in [0.717, 1.165) is 3.57 Å². The Morgan fingerprint density at radius 1 is 1.55 bits per heavy atom. The highest BCUT2D eigenvalue weighted by atomic mass is 127. The van der Waals surface area contributed by atoms with Gasteiger partial charge in [-0.2, -0.15) is 0 Å². The second-order valence-corrected chi connectivity index (χ2v) is 3.51. The van der Waals surface area contributed by atoms with Gasteiger partial charge >= 0.3 is 0 Å². The van der Waals surface area contributed by atoms with E-state index in [1.807, 2.05) is 6.07 Å². The summed E-state index contributed by atoms with van der Waals surface area (Å²) in [4.78, 5) is 0. The largest absolute Gasteiger partial charge is 0.316 e. The molecule has 0 atom stereocenters. The van der Waals surface area contributed by atoms with Gasteiger partial charge in [-0.05, 0) is 41.8 Å². The molecule has 0 amide bonds. The van der Waals surface area contributed by atoms with E-state index in [9.17, 15) is 4.39 Å². The zero-order valence-corrected chi connectivity index (χ0v) is 8.35. The Morgan fingerprint density at radius 3 is 2.82 bits per heavy atom. The van der Waals surface area contributed by atoms with Crippen LogP contribution in [0.2, 0.25) is 0 Å². The van der Waals surface area contributed by atoms with Crippen molar-refractivity contribution in [2.45, 2.75) is 6.54 Å². The third kappa shape index (κ3) is 2.41. The van der Waals surface area contributed by atoms with Crippen LogP contribution in [-0.2, 0) is 6.54 Å². The van der Waals surface area contributed by atoms with Crippen molar-refractivity contribution in [2.24, 2.45) is 0 Å². The average molecular weight is 265 g/mol. The third-order valence-corrected chi connectivity index (χ3v) is 2.05. The highest BCUT2D eigenvalue weighted by Crippen LogP contribution is 2.11. The molecule has 0 saturated heterocycles. The van der Waals surface area contributed by atoms with Crippen molar-refractivity contribution in [3.05, 3.63) is 33.1 Å². The molecule has 0 spiro atoms. The summed E-state index contributed by atoms with van der Waals surface area (Å²) in [6.07, 6.45) is 0. The topological polar surface area (TPSA) is 12.0 Å². The van der Waals surface area contributed by atoms with E-state index in [1.165, 1.54) is 6.07 Å². The third-order valence-electron chi connectivity index (χ3n) is 1.38. The molecule has 1 aromatic rings. The number of hydrogen-bond donors (Lipinski definition) is 1. The zero-order chi connectivity index (χ0) is 8.27. The molecule has 0 bridgehead atoms. The zero-order valence-electron chi connectivity index (χ0n) is 6.20. The number of rotatable bonds is 2. The van der Waals surface area contributed by atoms with Gasteiger partial charge in [0.1, 0.15) is 5.82 Å². The lowest BCUT2D eigenvalue weighted by molar-refractivity contribution is 0.600. The molecular weight excluding hydrogens is 256 g/mol. The van der Waals surface area contributed by atoms with Gasteiger partial charge in [0.25, 0.3) is 0 Å². The van der Waals surface area contributed by atoms with Crippen molar-refractivity contribution in [3.63, 3.8) is 0 Å². The minimum Gasteiger partial charge on any atom is -0.316 e. The number of benzene rings is 1. The van der Waals surface area contributed by atoms with Gasteiger partial charge < -0.3 is 5.32 Å². The number of halogens is 2. The Hall–Kier alpha value is -0.160. The first-order chi connectivity index (χ1) is 5.24. The second-order valence-electron chi connectivity index (χ2n) is 2.27. The van der Waals surface area contributed by atoms with Gasteiger partial charge in [0.05, 0.1) is 0 Å². The van der Waals surface area contributed by atoms with Crippen LogP contribution in [0.15, 0.2) is 18.2 Å². The smallest absolute Gasteiger partial charge is 0.128 e. The molecule has 0 aliphatic rings. The maximum Gasteiger partial charge on any atom is 0.128 e. The highest BCUT2D eigenvalue weighted by Gasteiger charge is 1.99. The van der Waals surface area contributed by atoms with Crippen LogP contribution < -0.4 is 5.32 Å². The molecule has 0 aliphatic heterocycles. The monoisotopic (exact) mass is 265 g/mol. The summed E-state index contributed by atoms with van der Waals surface area (Å²) in [7, 11) is 1.80. The maximum absolute atomic E-state index is 13.0. The Labute approximate surface area is 79.1 Å². The van der Waals surface area contributed by atoms with Crippen molar-refractivity contribution in [3.8, 4) is 0 Å². The SMILES string of the molecule is CNCc1ccc(I)cc1F. The molecule has 1 N–H and O–H groups in total. The molecule has 0 aliphatic carbocycles. The fourth-order valence-electron chi connectivity index (χ4n) is 0.855. The van der Waals surface area contributed by atoms with Crippen LogP contribution in [0.4, 0.5) is 4.39 Å². The van der Waals surface area contributed by atoms with E-state index in [1.54, 1.807) is 13.1 Å². The Balaban J connectivity index is 2.90. The Kier molecular flexibility index (Phi) is 3.26. The van der Waals surface area contributed by atoms with Gasteiger partial charge in [0.15, 0.2) is 0 Å². The average Bonchev–Trinajstić information content (AvgIpc) is 1.95. The summed E-state index contributed by atoms with van der Waals surface area (Å²) >= 11 is 2.09. The molecular formula is C8H9FIN. The van der Waals surface area contributed by atoms with Gasteiger partial charge in [0, 0.05) is 15.7 Å². The van der Waals surface area contributed by atoms with Crippen molar-refractivity contribution in [1.29, 1.82) is 0 Å². The lowest BCUT2D eigenvalue weighted by Gasteiger charge is -2.01. The maximum atomic E-state index is 13.0. The van der Waals surface area contributed by atoms with E-state index < -0.39 is 0 Å². The Bertz CT molecular complexity index is 250. The van der Waals surface area contributed by atoms with Crippen molar-refractivity contribution < 1.29 is 4.39 Å². The minimum atomic E-state index is -0.133. The molecule has 1 rings (SSSR count). The predicted octanol–water partition coefficient (Wildman–Crippen LogP) is 2.15. The lowest BCUT2D eigenvalue weighted by atomic mass is 10.2. The standard InChI is InChI=1S/C8H9FIN/c1-11-5-6-2-3-7(10)4-8(6)9/h2-4,11H,5H2,1H3. The van der Waals surface area contributed by atoms with Crippen LogP contribution in [0.1, 0.15) is 5.56 Å². The fraction of sp³-hybridized carbons (Fsp3) is 0.250. The van der Waals surface area contributed by atoms with E-state index in [2.05, 4.69) is 27.9 Å². The fourth-order valence-corrected chi connectivity index (χ4v) is 1.31. The van der Waals surface area contributed by atoms with Crippen LogP contribution in [-0.4, -0.2) is 7.05 Å². The number of nitrogens with one attached hydrogen (secondary N) is 1. The molecule has 0 unspecified atom stereocenters. The summed E-state index contributed by atoms with van der Waals surface area (Å²) < 4.78 is 13.9. The summed E-state index contributed by atoms with van der Waals surface area (Å²) in [6.45, 7) is 0.586. The second kappa shape index (κ2) is 4.01. The summed E-state index contributed by atoms with van der Waals surface area (Å²) in [5.41, 5.74) is 0.716. The molecule has 0 saturated carbocycles. The van der Waals surface area contributed by atoms with Crippen molar-refractivity contribution in [2.75, 3.05) is 7.05 Å². The first-order valence-electron chi connectivity index (χ1n) is 3.32. The normalized spacial score (nSPS) is 10.1. The van der Waals surface area contributed by atoms with E-state index in [4.69, 9.17) is 0 Å². The van der Waals surface area contributed by atoms with Crippen LogP contribution in [0.25, 0.3) is 0 Å². The van der Waals surface area contributed by atoms with Crippen molar-refractivity contribution in [1.82, 2.24) is 5.32 Å². The lowest BCUT2D eigenvalue weighted by Crippen LogP contribution is -2.06. The van der Waals surface area contributed by atoms with Crippen LogP contribution >= 0.6 is 22.6 Å². The van der Waals surface area contributed by atoms with Gasteiger partial charge in [-0.1, -0.05) is 6.07 Å². The van der Waals surface area contributed by atoms with E-state index in [0.29, 0.717) is 12.1 Å². The highest BCUT2D eigenvalue weighted by molar-refractivity contribution is 14.1. The number of hydrogen-bond acceptors (Lipinski definition) is 1. The molecule has 0 fully saturated rings. The summed E-state index contributed by atoms with van der Waals surface area (Å²) in [5.74, 6) is -0.133. The minimum absolute atomic E-state index is 0.133. The summed E-state index contributed by atoms with van der Waals surface area (Å²) in [5, 5.41) is 2.90. The first-order valence-corrected chi connectivity index (χ1v) is 4.40. The van der Waals surface area contributed by atoms with Crippen molar-refractivity contribution >= 4 is 22.6 Å². The van der Waals surface area contributed by atoms with Crippen LogP contribution in [0.3, 0.4) is 0 Å². The Morgan fingerprint density at radius 2 is 2.27 bits per heavy atom. The molecule has 11 heavy (non-hydrogen) atoms. The van der Waals surface area contributed by atoms with Gasteiger partial charge in [-0.15, -0.1) is 0 Å². The quantitative estimate of drug-likeness (QED) is 0.808. The van der Waals surface area contributed by atoms with Gasteiger partial charge in [0.2, 0.25) is 0 Å². The molecule has 1 nitrogen and oxygen atoms in total. The predicted molar refractivity (Wildman–Crippen MR) is 51.9 cm³/mol.